The van der Waals surface area contributed by atoms with E-state index in [1.54, 1.807) is 0 Å². The standard InChI is InChI=1S/C20H27NO2/c1-20(2)15-17(12-14-23-20)19(22)21(18-10-11-18)13-6-9-16-7-4-3-5-8-16/h3-9,17-18H,10-15H2,1-2H3/b9-6+/t17-/m0/s1. The fraction of sp³-hybridized carbons (Fsp3) is 0.550. The minimum absolute atomic E-state index is 0.115. The Labute approximate surface area is 139 Å². The van der Waals surface area contributed by atoms with Crippen LogP contribution in [0.15, 0.2) is 36.4 Å². The van der Waals surface area contributed by atoms with Crippen LogP contribution in [-0.4, -0.2) is 35.6 Å². The van der Waals surface area contributed by atoms with Gasteiger partial charge in [0.15, 0.2) is 0 Å². The monoisotopic (exact) mass is 313 g/mol. The van der Waals surface area contributed by atoms with Gasteiger partial charge in [0.25, 0.3) is 0 Å². The summed E-state index contributed by atoms with van der Waals surface area (Å²) in [5.74, 6) is 0.436. The maximum absolute atomic E-state index is 12.9. The van der Waals surface area contributed by atoms with Crippen LogP contribution in [0.25, 0.3) is 6.08 Å². The predicted molar refractivity (Wildman–Crippen MR) is 93.0 cm³/mol. The predicted octanol–water partition coefficient (Wildman–Crippen LogP) is 3.90. The van der Waals surface area contributed by atoms with Gasteiger partial charge in [-0.25, -0.2) is 0 Å². The van der Waals surface area contributed by atoms with Gasteiger partial charge in [-0.1, -0.05) is 42.5 Å². The summed E-state index contributed by atoms with van der Waals surface area (Å²) in [6.07, 6.45) is 8.22. The van der Waals surface area contributed by atoms with Crippen LogP contribution in [0.2, 0.25) is 0 Å². The van der Waals surface area contributed by atoms with Crippen LogP contribution in [0.3, 0.4) is 0 Å². The summed E-state index contributed by atoms with van der Waals surface area (Å²) in [4.78, 5) is 15.0. The van der Waals surface area contributed by atoms with Gasteiger partial charge >= 0.3 is 0 Å². The smallest absolute Gasteiger partial charge is 0.226 e. The first-order valence-corrected chi connectivity index (χ1v) is 8.71. The van der Waals surface area contributed by atoms with Gasteiger partial charge in [-0.05, 0) is 45.1 Å². The first kappa shape index (κ1) is 16.3. The van der Waals surface area contributed by atoms with Crippen LogP contribution >= 0.6 is 0 Å². The number of carbonyl (C=O) groups is 1. The number of hydrogen-bond donors (Lipinski definition) is 0. The third-order valence-corrected chi connectivity index (χ3v) is 4.73. The van der Waals surface area contributed by atoms with Gasteiger partial charge in [-0.2, -0.15) is 0 Å². The number of nitrogens with zero attached hydrogens (tertiary/aromatic N) is 1. The summed E-state index contributed by atoms with van der Waals surface area (Å²) in [5, 5.41) is 0. The molecule has 1 atom stereocenters. The Hall–Kier alpha value is -1.61. The second-order valence-corrected chi connectivity index (χ2v) is 7.33. The molecule has 0 N–H and O–H groups in total. The zero-order chi connectivity index (χ0) is 16.3. The normalized spacial score (nSPS) is 23.8. The van der Waals surface area contributed by atoms with Crippen molar-refractivity contribution in [1.82, 2.24) is 4.90 Å². The molecule has 1 amide bonds. The SMILES string of the molecule is CC1(C)C[C@@H](C(=O)N(C/C=C/c2ccccc2)C2CC2)CCO1. The number of hydrogen-bond acceptors (Lipinski definition) is 2. The van der Waals surface area contributed by atoms with Crippen molar-refractivity contribution in [2.45, 2.75) is 51.2 Å². The Morgan fingerprint density at radius 1 is 1.26 bits per heavy atom. The summed E-state index contributed by atoms with van der Waals surface area (Å²) < 4.78 is 5.76. The summed E-state index contributed by atoms with van der Waals surface area (Å²) in [7, 11) is 0. The van der Waals surface area contributed by atoms with Gasteiger partial charge in [0.1, 0.15) is 0 Å². The van der Waals surface area contributed by atoms with Crippen molar-refractivity contribution in [2.24, 2.45) is 5.92 Å². The lowest BCUT2D eigenvalue weighted by molar-refractivity contribution is -0.145. The van der Waals surface area contributed by atoms with Crippen LogP contribution in [0.1, 0.15) is 45.1 Å². The van der Waals surface area contributed by atoms with Crippen molar-refractivity contribution in [2.75, 3.05) is 13.2 Å². The average molecular weight is 313 g/mol. The minimum atomic E-state index is -0.173. The molecule has 0 bridgehead atoms. The highest BCUT2D eigenvalue weighted by atomic mass is 16.5. The molecular formula is C20H27NO2. The molecule has 2 aliphatic rings. The van der Waals surface area contributed by atoms with Crippen molar-refractivity contribution >= 4 is 12.0 Å². The highest BCUT2D eigenvalue weighted by Gasteiger charge is 2.39. The van der Waals surface area contributed by atoms with E-state index in [-0.39, 0.29) is 11.5 Å². The maximum Gasteiger partial charge on any atom is 0.226 e. The van der Waals surface area contributed by atoms with E-state index in [0.29, 0.717) is 18.6 Å². The number of carbonyl (C=O) groups excluding carboxylic acids is 1. The average Bonchev–Trinajstić information content (AvgIpc) is 3.36. The molecule has 2 fully saturated rings. The molecule has 1 saturated heterocycles. The Bertz CT molecular complexity index is 560. The maximum atomic E-state index is 12.9. The molecule has 0 aromatic heterocycles. The Kier molecular flexibility index (Phi) is 4.86. The molecule has 1 heterocycles. The van der Waals surface area contributed by atoms with Crippen LogP contribution in [0.5, 0.6) is 0 Å². The van der Waals surface area contributed by atoms with Crippen LogP contribution in [-0.2, 0) is 9.53 Å². The van der Waals surface area contributed by atoms with Crippen LogP contribution < -0.4 is 0 Å². The molecule has 1 aliphatic heterocycles. The van der Waals surface area contributed by atoms with E-state index < -0.39 is 0 Å². The van der Waals surface area contributed by atoms with E-state index in [4.69, 9.17) is 4.74 Å². The van der Waals surface area contributed by atoms with E-state index in [2.05, 4.69) is 43.0 Å². The second kappa shape index (κ2) is 6.88. The molecule has 1 aromatic rings. The van der Waals surface area contributed by atoms with Crippen molar-refractivity contribution < 1.29 is 9.53 Å². The van der Waals surface area contributed by atoms with Gasteiger partial charge in [0, 0.05) is 25.1 Å². The first-order chi connectivity index (χ1) is 11.1. The Morgan fingerprint density at radius 2 is 2.00 bits per heavy atom. The van der Waals surface area contributed by atoms with Crippen LogP contribution in [0.4, 0.5) is 0 Å². The molecule has 1 saturated carbocycles. The molecule has 0 spiro atoms. The van der Waals surface area contributed by atoms with E-state index >= 15 is 0 Å². The highest BCUT2D eigenvalue weighted by molar-refractivity contribution is 5.80. The number of benzene rings is 1. The number of rotatable bonds is 5. The third-order valence-electron chi connectivity index (χ3n) is 4.73. The number of amides is 1. The first-order valence-electron chi connectivity index (χ1n) is 8.71. The van der Waals surface area contributed by atoms with Gasteiger partial charge in [0.05, 0.1) is 5.60 Å². The molecule has 1 aromatic carbocycles. The van der Waals surface area contributed by atoms with Gasteiger partial charge in [0.2, 0.25) is 5.91 Å². The van der Waals surface area contributed by atoms with Crippen LogP contribution in [0, 0.1) is 5.92 Å². The summed E-state index contributed by atoms with van der Waals surface area (Å²) in [5.41, 5.74) is 1.01. The Balaban J connectivity index is 1.62. The van der Waals surface area contributed by atoms with E-state index in [0.717, 1.165) is 32.2 Å². The van der Waals surface area contributed by atoms with Gasteiger partial charge in [-0.3, -0.25) is 4.79 Å². The lowest BCUT2D eigenvalue weighted by atomic mass is 9.87. The zero-order valence-corrected chi connectivity index (χ0v) is 14.2. The van der Waals surface area contributed by atoms with E-state index in [9.17, 15) is 4.79 Å². The molecule has 124 valence electrons. The molecule has 3 rings (SSSR count). The molecule has 23 heavy (non-hydrogen) atoms. The molecular weight excluding hydrogens is 286 g/mol. The molecule has 1 aliphatic carbocycles. The molecule has 3 heteroatoms. The summed E-state index contributed by atoms with van der Waals surface area (Å²) >= 11 is 0. The zero-order valence-electron chi connectivity index (χ0n) is 14.2. The topological polar surface area (TPSA) is 29.5 Å². The lowest BCUT2D eigenvalue weighted by Gasteiger charge is -2.37. The molecule has 0 unspecified atom stereocenters. The number of ether oxygens (including phenoxy) is 1. The fourth-order valence-corrected chi connectivity index (χ4v) is 3.35. The minimum Gasteiger partial charge on any atom is -0.376 e. The summed E-state index contributed by atoms with van der Waals surface area (Å²) in [6.45, 7) is 5.59. The lowest BCUT2D eigenvalue weighted by Crippen LogP contribution is -2.44. The van der Waals surface area contributed by atoms with E-state index in [1.165, 1.54) is 5.56 Å². The highest BCUT2D eigenvalue weighted by Crippen LogP contribution is 2.34. The van der Waals surface area contributed by atoms with E-state index in [1.807, 2.05) is 18.2 Å². The van der Waals surface area contributed by atoms with Gasteiger partial charge in [-0.15, -0.1) is 0 Å². The van der Waals surface area contributed by atoms with Gasteiger partial charge < -0.3 is 9.64 Å². The van der Waals surface area contributed by atoms with Crippen molar-refractivity contribution in [3.05, 3.63) is 42.0 Å². The van der Waals surface area contributed by atoms with Crippen molar-refractivity contribution in [3.8, 4) is 0 Å². The second-order valence-electron chi connectivity index (χ2n) is 7.33. The largest absolute Gasteiger partial charge is 0.376 e. The van der Waals surface area contributed by atoms with Crippen molar-refractivity contribution in [1.29, 1.82) is 0 Å². The quantitative estimate of drug-likeness (QED) is 0.825. The third kappa shape index (κ3) is 4.44. The molecule has 0 radical (unpaired) electrons. The summed E-state index contributed by atoms with van der Waals surface area (Å²) in [6, 6.07) is 10.7. The Morgan fingerprint density at radius 3 is 2.65 bits per heavy atom. The molecule has 3 nitrogen and oxygen atoms in total. The fourth-order valence-electron chi connectivity index (χ4n) is 3.35. The van der Waals surface area contributed by atoms with Crippen molar-refractivity contribution in [3.63, 3.8) is 0 Å².